The number of hydrogen-bond acceptors (Lipinski definition) is 0. The standard InChI is InChI=1S/C16H13.C8H11.C6H14.CH5Si.2ClH.Zr/c1-12-10-14-8-5-9-15(16(14)11-12)13-6-3-2-4-7-13;1-6-4-7(2)8(3)5-6;1-3-5-6-4-2;1-2;;;/h2-11H,1H3;4,6H,1-3H3;3-6H2,1-2H3;2H2,1H3;2*1H;/q;;;;;;+2/p-2. The van der Waals surface area contributed by atoms with Gasteiger partial charge >= 0.3 is 174 Å². The van der Waals surface area contributed by atoms with E-state index >= 15 is 0 Å². The zero-order valence-electron chi connectivity index (χ0n) is 22.7. The molecule has 0 saturated carbocycles. The van der Waals surface area contributed by atoms with E-state index in [1.165, 1.54) is 47.9 Å². The molecule has 2 aliphatic carbocycles. The van der Waals surface area contributed by atoms with Crippen LogP contribution < -0.4 is 24.8 Å². The minimum absolute atomic E-state index is 0. The molecular weight excluding hydrogens is 563 g/mol. The van der Waals surface area contributed by atoms with E-state index in [0.717, 1.165) is 3.63 Å². The van der Waals surface area contributed by atoms with Gasteiger partial charge in [-0.3, -0.25) is 0 Å². The van der Waals surface area contributed by atoms with Crippen LogP contribution in [0.2, 0.25) is 6.55 Å². The molecule has 0 aliphatic heterocycles. The van der Waals surface area contributed by atoms with Crippen molar-refractivity contribution in [1.82, 2.24) is 0 Å². The second-order valence-corrected chi connectivity index (χ2v) is 25.5. The minimum atomic E-state index is -1.69. The van der Waals surface area contributed by atoms with Gasteiger partial charge in [0.2, 0.25) is 0 Å². The molecule has 2 aromatic carbocycles. The van der Waals surface area contributed by atoms with Crippen LogP contribution in [0.15, 0.2) is 74.6 Å². The van der Waals surface area contributed by atoms with Gasteiger partial charge in [0.25, 0.3) is 0 Å². The summed E-state index contributed by atoms with van der Waals surface area (Å²) in [5.41, 5.74) is 10.7. The molecular formula is C31H43Cl2SiZr. The molecule has 4 rings (SSSR count). The summed E-state index contributed by atoms with van der Waals surface area (Å²) < 4.78 is 2.68. The SMILES string of the molecule is CCCCCC.C[SiH2][Zr+2]([C]1=C(C)C(C)=CC1C)[CH]1C(C)=Cc2c(-c3ccccc3)cccc21.[Cl-].[Cl-]. The summed E-state index contributed by atoms with van der Waals surface area (Å²) in [6.07, 6.45) is 10.6. The fourth-order valence-electron chi connectivity index (χ4n) is 5.60. The molecule has 35 heavy (non-hydrogen) atoms. The first-order chi connectivity index (χ1) is 15.9. The van der Waals surface area contributed by atoms with Gasteiger partial charge in [0, 0.05) is 0 Å². The van der Waals surface area contributed by atoms with Crippen LogP contribution in [0, 0.1) is 5.92 Å². The van der Waals surface area contributed by atoms with Crippen molar-refractivity contribution in [3.8, 4) is 11.1 Å². The summed E-state index contributed by atoms with van der Waals surface area (Å²) in [6.45, 7) is 16.6. The third-order valence-corrected chi connectivity index (χ3v) is 25.7. The van der Waals surface area contributed by atoms with Crippen molar-refractivity contribution < 1.29 is 45.7 Å². The maximum Gasteiger partial charge on any atom is -1.00 e. The molecule has 0 N–H and O–H groups in total. The molecule has 0 saturated heterocycles. The van der Waals surface area contributed by atoms with Crippen molar-refractivity contribution >= 4 is 12.7 Å². The maximum atomic E-state index is 2.59. The van der Waals surface area contributed by atoms with Gasteiger partial charge in [-0.2, -0.15) is 0 Å². The molecule has 2 atom stereocenters. The van der Waals surface area contributed by atoms with E-state index < -0.39 is 20.9 Å². The van der Waals surface area contributed by atoms with Crippen molar-refractivity contribution in [2.45, 2.75) is 77.4 Å². The van der Waals surface area contributed by atoms with Crippen molar-refractivity contribution in [1.29, 1.82) is 0 Å². The maximum absolute atomic E-state index is 2.59. The fraction of sp³-hybridized carbons (Fsp3) is 0.419. The zero-order valence-corrected chi connectivity index (χ0v) is 28.1. The van der Waals surface area contributed by atoms with E-state index in [9.17, 15) is 0 Å². The molecule has 0 amide bonds. The second-order valence-electron chi connectivity index (χ2n) is 9.76. The van der Waals surface area contributed by atoms with E-state index in [0.29, 0.717) is 5.92 Å². The molecule has 0 heterocycles. The van der Waals surface area contributed by atoms with Crippen molar-refractivity contribution in [2.75, 3.05) is 0 Å². The van der Waals surface area contributed by atoms with Crippen LogP contribution in [0.3, 0.4) is 0 Å². The summed E-state index contributed by atoms with van der Waals surface area (Å²) in [7, 11) is 0. The van der Waals surface area contributed by atoms with Gasteiger partial charge in [0.1, 0.15) is 0 Å². The van der Waals surface area contributed by atoms with Crippen LogP contribution in [-0.4, -0.2) is 6.65 Å². The number of hydrogen-bond donors (Lipinski definition) is 0. The van der Waals surface area contributed by atoms with Crippen molar-refractivity contribution in [2.24, 2.45) is 5.92 Å². The third-order valence-electron chi connectivity index (χ3n) is 7.35. The van der Waals surface area contributed by atoms with Gasteiger partial charge in [0.15, 0.2) is 0 Å². The number of allylic oxidation sites excluding steroid dienone is 5. The number of halogens is 2. The molecule has 0 bridgehead atoms. The molecule has 2 aliphatic rings. The first-order valence-electron chi connectivity index (χ1n) is 13.1. The second kappa shape index (κ2) is 15.6. The average molecular weight is 606 g/mol. The van der Waals surface area contributed by atoms with E-state index in [1.807, 2.05) is 3.28 Å². The minimum Gasteiger partial charge on any atom is -1.00 e. The first kappa shape index (κ1) is 32.4. The zero-order chi connectivity index (χ0) is 24.0. The summed E-state index contributed by atoms with van der Waals surface area (Å²) >= 11 is -1.69. The molecule has 0 nitrogen and oxygen atoms in total. The monoisotopic (exact) mass is 603 g/mol. The van der Waals surface area contributed by atoms with Gasteiger partial charge in [0.05, 0.1) is 0 Å². The summed E-state index contributed by atoms with van der Waals surface area (Å²) in [5.74, 6) is 0.681. The predicted molar refractivity (Wildman–Crippen MR) is 148 cm³/mol. The Hall–Kier alpha value is -0.660. The van der Waals surface area contributed by atoms with Crippen LogP contribution >= 0.6 is 0 Å². The molecule has 4 heteroatoms. The van der Waals surface area contributed by atoms with Crippen LogP contribution in [0.5, 0.6) is 0 Å². The van der Waals surface area contributed by atoms with Crippen LogP contribution in [0.4, 0.5) is 0 Å². The Morgan fingerprint density at radius 2 is 1.49 bits per heavy atom. The number of fused-ring (bicyclic) bond motifs is 1. The third kappa shape index (κ3) is 7.44. The average Bonchev–Trinajstić information content (AvgIpc) is 3.29. The van der Waals surface area contributed by atoms with Crippen LogP contribution in [0.25, 0.3) is 17.2 Å². The molecule has 189 valence electrons. The van der Waals surface area contributed by atoms with E-state index in [-0.39, 0.29) is 31.5 Å². The number of unbranched alkanes of at least 4 members (excludes halogenated alkanes) is 3. The number of benzene rings is 2. The summed E-state index contributed by atoms with van der Waals surface area (Å²) in [4.78, 5) is 0. The Balaban J connectivity index is 0.000000686. The molecule has 0 aromatic heterocycles. The topological polar surface area (TPSA) is 0 Å². The quantitative estimate of drug-likeness (QED) is 0.337. The predicted octanol–water partition coefficient (Wildman–Crippen LogP) is 3.03. The van der Waals surface area contributed by atoms with Gasteiger partial charge < -0.3 is 24.8 Å². The molecule has 0 spiro atoms. The Labute approximate surface area is 237 Å². The Kier molecular flexibility index (Phi) is 14.4. The largest absolute Gasteiger partial charge is 1.00 e. The first-order valence-corrected chi connectivity index (χ1v) is 23.0. The Morgan fingerprint density at radius 3 is 2.00 bits per heavy atom. The van der Waals surface area contributed by atoms with E-state index in [4.69, 9.17) is 0 Å². The van der Waals surface area contributed by atoms with Crippen LogP contribution in [0.1, 0.15) is 82.0 Å². The Morgan fingerprint density at radius 1 is 0.857 bits per heavy atom. The molecule has 2 unspecified atom stereocenters. The van der Waals surface area contributed by atoms with Crippen molar-refractivity contribution in [3.05, 3.63) is 85.7 Å². The van der Waals surface area contributed by atoms with Gasteiger partial charge in [-0.05, 0) is 0 Å². The summed E-state index contributed by atoms with van der Waals surface area (Å²) in [5, 5.41) is 0. The molecule has 2 aromatic rings. The van der Waals surface area contributed by atoms with Gasteiger partial charge in [-0.1, -0.05) is 39.5 Å². The van der Waals surface area contributed by atoms with Crippen LogP contribution in [-0.2, 0) is 20.9 Å². The smallest absolute Gasteiger partial charge is 1.00 e. The molecule has 0 radical (unpaired) electrons. The molecule has 0 fully saturated rings. The number of rotatable bonds is 7. The Bertz CT molecular complexity index is 1040. The van der Waals surface area contributed by atoms with E-state index in [1.54, 1.807) is 16.7 Å². The fourth-order valence-corrected chi connectivity index (χ4v) is 26.1. The van der Waals surface area contributed by atoms with Gasteiger partial charge in [-0.15, -0.1) is 0 Å². The van der Waals surface area contributed by atoms with Gasteiger partial charge in [-0.25, -0.2) is 0 Å². The summed E-state index contributed by atoms with van der Waals surface area (Å²) in [6, 6.07) is 17.9. The van der Waals surface area contributed by atoms with E-state index in [2.05, 4.69) is 109 Å². The van der Waals surface area contributed by atoms with Crippen molar-refractivity contribution in [3.63, 3.8) is 0 Å². The normalized spacial score (nSPS) is 18.3.